The molecule has 46 heavy (non-hydrogen) atoms. The number of anilines is 1. The maximum atomic E-state index is 13.0. The van der Waals surface area contributed by atoms with Crippen molar-refractivity contribution >= 4 is 40.7 Å². The molecule has 4 aromatic rings. The number of benzene rings is 1. The lowest BCUT2D eigenvalue weighted by Gasteiger charge is -2.31. The minimum atomic E-state index is -0.731. The molecule has 5 rings (SSSR count). The van der Waals surface area contributed by atoms with E-state index in [2.05, 4.69) is 15.6 Å². The molecule has 0 unspecified atom stereocenters. The zero-order valence-electron chi connectivity index (χ0n) is 25.8. The van der Waals surface area contributed by atoms with Crippen LogP contribution in [0, 0.1) is 0 Å². The quantitative estimate of drug-likeness (QED) is 0.289. The number of ether oxygens (including phenoxy) is 1. The van der Waals surface area contributed by atoms with Gasteiger partial charge >= 0.3 is 5.69 Å². The van der Waals surface area contributed by atoms with Crippen LogP contribution in [0.1, 0.15) is 35.7 Å². The standard InChI is InChI=1S/C32H33Cl2N7O5/c1-18(42)41-14-11-20(12-15-41)36-16-19-8-9-24(38-30(19)46-4)21-10-13-35-28(27(21)34)22-6-5-7-25(26(22)33)37-29(43)23-17-39(2)32(45)40(3)31(23)44/h5-10,13,17,20,36H,11-12,14-16H2,1-4H3,(H,37,43). The molecule has 1 fully saturated rings. The van der Waals surface area contributed by atoms with Crippen LogP contribution in [0.2, 0.25) is 10.0 Å². The number of methoxy groups -OCH3 is 1. The number of pyridine rings is 2. The van der Waals surface area contributed by atoms with Crippen molar-refractivity contribution in [3.63, 3.8) is 0 Å². The molecule has 1 aromatic carbocycles. The van der Waals surface area contributed by atoms with Crippen molar-refractivity contribution in [2.75, 3.05) is 25.5 Å². The van der Waals surface area contributed by atoms with Gasteiger partial charge in [-0.3, -0.25) is 23.9 Å². The van der Waals surface area contributed by atoms with Crippen molar-refractivity contribution in [2.45, 2.75) is 32.4 Å². The molecule has 0 aliphatic carbocycles. The van der Waals surface area contributed by atoms with Crippen LogP contribution >= 0.6 is 23.2 Å². The summed E-state index contributed by atoms with van der Waals surface area (Å²) < 4.78 is 7.63. The summed E-state index contributed by atoms with van der Waals surface area (Å²) in [5, 5.41) is 6.65. The number of halogens is 2. The zero-order valence-corrected chi connectivity index (χ0v) is 27.3. The minimum absolute atomic E-state index is 0.103. The number of carbonyl (C=O) groups excluding carboxylic acids is 2. The summed E-state index contributed by atoms with van der Waals surface area (Å²) >= 11 is 13.6. The van der Waals surface area contributed by atoms with E-state index in [1.54, 1.807) is 44.5 Å². The Kier molecular flexibility index (Phi) is 9.90. The van der Waals surface area contributed by atoms with Gasteiger partial charge in [-0.05, 0) is 31.0 Å². The van der Waals surface area contributed by atoms with Gasteiger partial charge in [0.1, 0.15) is 5.56 Å². The second kappa shape index (κ2) is 13.9. The Labute approximate surface area is 275 Å². The highest BCUT2D eigenvalue weighted by Gasteiger charge is 2.22. The first-order valence-electron chi connectivity index (χ1n) is 14.5. The third-order valence-electron chi connectivity index (χ3n) is 8.01. The van der Waals surface area contributed by atoms with Gasteiger partial charge < -0.3 is 24.8 Å². The molecule has 1 aliphatic rings. The molecule has 0 atom stereocenters. The van der Waals surface area contributed by atoms with E-state index in [-0.39, 0.29) is 33.2 Å². The van der Waals surface area contributed by atoms with Crippen LogP contribution in [-0.4, -0.2) is 62.1 Å². The van der Waals surface area contributed by atoms with Gasteiger partial charge in [0.15, 0.2) is 0 Å². The summed E-state index contributed by atoms with van der Waals surface area (Å²) in [6.45, 7) is 3.62. The number of hydrogen-bond donors (Lipinski definition) is 2. The second-order valence-corrected chi connectivity index (χ2v) is 11.7. The van der Waals surface area contributed by atoms with E-state index in [1.165, 1.54) is 20.3 Å². The van der Waals surface area contributed by atoms with Gasteiger partial charge in [-0.2, -0.15) is 0 Å². The number of aryl methyl sites for hydroxylation is 1. The van der Waals surface area contributed by atoms with Crippen molar-refractivity contribution in [1.82, 2.24) is 29.3 Å². The van der Waals surface area contributed by atoms with Crippen LogP contribution in [0.5, 0.6) is 5.88 Å². The number of aromatic nitrogens is 4. The molecule has 4 heterocycles. The fourth-order valence-corrected chi connectivity index (χ4v) is 5.95. The Balaban J connectivity index is 1.38. The smallest absolute Gasteiger partial charge is 0.330 e. The number of hydrogen-bond acceptors (Lipinski definition) is 8. The fraction of sp³-hybridized carbons (Fsp3) is 0.312. The van der Waals surface area contributed by atoms with Gasteiger partial charge in [0.05, 0.1) is 34.2 Å². The van der Waals surface area contributed by atoms with Crippen molar-refractivity contribution in [1.29, 1.82) is 0 Å². The molecule has 240 valence electrons. The lowest BCUT2D eigenvalue weighted by Crippen LogP contribution is -2.44. The Morgan fingerprint density at radius 3 is 2.46 bits per heavy atom. The Hall–Kier alpha value is -4.52. The predicted octanol–water partition coefficient (Wildman–Crippen LogP) is 3.88. The molecule has 2 N–H and O–H groups in total. The molecule has 2 amide bonds. The summed E-state index contributed by atoms with van der Waals surface area (Å²) in [7, 11) is 4.31. The van der Waals surface area contributed by atoms with Crippen LogP contribution in [-0.2, 0) is 25.4 Å². The second-order valence-electron chi connectivity index (χ2n) is 11.0. The molecule has 12 nitrogen and oxygen atoms in total. The molecule has 14 heteroatoms. The van der Waals surface area contributed by atoms with Crippen molar-refractivity contribution in [3.8, 4) is 28.4 Å². The van der Waals surface area contributed by atoms with Gasteiger partial charge in [0.2, 0.25) is 11.8 Å². The van der Waals surface area contributed by atoms with Crippen molar-refractivity contribution in [3.05, 3.63) is 90.8 Å². The van der Waals surface area contributed by atoms with Gasteiger partial charge in [-0.1, -0.05) is 41.4 Å². The van der Waals surface area contributed by atoms with E-state index in [0.717, 1.165) is 40.6 Å². The van der Waals surface area contributed by atoms with E-state index in [0.29, 0.717) is 34.9 Å². The largest absolute Gasteiger partial charge is 0.481 e. The van der Waals surface area contributed by atoms with Crippen LogP contribution in [0.4, 0.5) is 5.69 Å². The van der Waals surface area contributed by atoms with Crippen molar-refractivity contribution < 1.29 is 14.3 Å². The topological polar surface area (TPSA) is 140 Å². The highest BCUT2D eigenvalue weighted by atomic mass is 35.5. The fourth-order valence-electron chi connectivity index (χ4n) is 5.38. The van der Waals surface area contributed by atoms with E-state index in [9.17, 15) is 19.2 Å². The normalized spacial score (nSPS) is 13.5. The number of rotatable bonds is 8. The Morgan fingerprint density at radius 2 is 1.76 bits per heavy atom. The van der Waals surface area contributed by atoms with E-state index < -0.39 is 17.2 Å². The van der Waals surface area contributed by atoms with E-state index in [4.69, 9.17) is 32.9 Å². The maximum Gasteiger partial charge on any atom is 0.330 e. The lowest BCUT2D eigenvalue weighted by molar-refractivity contribution is -0.129. The number of likely N-dealkylation sites (tertiary alicyclic amines) is 1. The van der Waals surface area contributed by atoms with E-state index >= 15 is 0 Å². The number of nitrogens with one attached hydrogen (secondary N) is 2. The number of carbonyl (C=O) groups is 2. The van der Waals surface area contributed by atoms with Gasteiger partial charge in [0, 0.05) is 75.8 Å². The lowest BCUT2D eigenvalue weighted by atomic mass is 10.0. The number of amides is 2. The minimum Gasteiger partial charge on any atom is -0.481 e. The molecule has 1 aliphatic heterocycles. The molecule has 0 spiro atoms. The monoisotopic (exact) mass is 665 g/mol. The highest BCUT2D eigenvalue weighted by Crippen LogP contribution is 2.40. The first kappa shape index (κ1) is 32.9. The van der Waals surface area contributed by atoms with Crippen LogP contribution in [0.15, 0.2) is 58.4 Å². The Morgan fingerprint density at radius 1 is 1.02 bits per heavy atom. The molecule has 3 aromatic heterocycles. The predicted molar refractivity (Wildman–Crippen MR) is 176 cm³/mol. The number of piperidine rings is 1. The first-order chi connectivity index (χ1) is 22.0. The zero-order chi connectivity index (χ0) is 33.1. The van der Waals surface area contributed by atoms with Crippen LogP contribution < -0.4 is 26.6 Å². The number of nitrogens with zero attached hydrogens (tertiary/aromatic N) is 5. The van der Waals surface area contributed by atoms with Gasteiger partial charge in [-0.15, -0.1) is 0 Å². The summed E-state index contributed by atoms with van der Waals surface area (Å²) in [5.74, 6) is -0.172. The summed E-state index contributed by atoms with van der Waals surface area (Å²) in [6, 6.07) is 10.8. The third-order valence-corrected chi connectivity index (χ3v) is 8.80. The first-order valence-corrected chi connectivity index (χ1v) is 15.3. The van der Waals surface area contributed by atoms with Gasteiger partial charge in [-0.25, -0.2) is 9.78 Å². The van der Waals surface area contributed by atoms with E-state index in [1.807, 2.05) is 17.0 Å². The van der Waals surface area contributed by atoms with Crippen LogP contribution in [0.25, 0.3) is 22.5 Å². The summed E-state index contributed by atoms with van der Waals surface area (Å²) in [6.07, 6.45) is 4.52. The Bertz CT molecular complexity index is 1930. The van der Waals surface area contributed by atoms with Crippen molar-refractivity contribution in [2.24, 2.45) is 14.1 Å². The highest BCUT2D eigenvalue weighted by molar-refractivity contribution is 6.39. The molecule has 0 saturated carbocycles. The third kappa shape index (κ3) is 6.69. The SMILES string of the molecule is COc1nc(-c2ccnc(-c3cccc(NC(=O)c4cn(C)c(=O)n(C)c4=O)c3Cl)c2Cl)ccc1CNC1CCN(C(C)=O)CC1. The molecule has 0 bridgehead atoms. The molecule has 1 saturated heterocycles. The molecule has 0 radical (unpaired) electrons. The van der Waals surface area contributed by atoms with Crippen LogP contribution in [0.3, 0.4) is 0 Å². The average molecular weight is 667 g/mol. The summed E-state index contributed by atoms with van der Waals surface area (Å²) in [4.78, 5) is 60.3. The summed E-state index contributed by atoms with van der Waals surface area (Å²) in [5.41, 5.74) is 1.58. The van der Waals surface area contributed by atoms with Gasteiger partial charge in [0.25, 0.3) is 11.5 Å². The molecular weight excluding hydrogens is 633 g/mol. The molecular formula is C32H33Cl2N7O5. The average Bonchev–Trinajstić information content (AvgIpc) is 3.05. The maximum absolute atomic E-state index is 13.0.